The predicted molar refractivity (Wildman–Crippen MR) is 134 cm³/mol. The molecular weight excluding hydrogens is 658 g/mol. The van der Waals surface area contributed by atoms with Crippen LogP contribution in [0.25, 0.3) is 0 Å². The fourth-order valence-electron chi connectivity index (χ4n) is 3.24. The minimum absolute atomic E-state index is 0.671. The topological polar surface area (TPSA) is 266 Å². The predicted octanol–water partition coefficient (Wildman–Crippen LogP) is 2.44. The Balaban J connectivity index is 4.14. The summed E-state index contributed by atoms with van der Waals surface area (Å²) < 4.78 is 121. The molecule has 1 fully saturated rings. The van der Waals surface area contributed by atoms with Gasteiger partial charge in [-0.2, -0.15) is 0 Å². The van der Waals surface area contributed by atoms with Crippen molar-refractivity contribution in [2.75, 3.05) is 54.7 Å². The van der Waals surface area contributed by atoms with Crippen molar-refractivity contribution in [1.29, 1.82) is 0 Å². The summed E-state index contributed by atoms with van der Waals surface area (Å²) in [6, 6.07) is 0. The molecule has 4 N–H and O–H groups in total. The largest absolute Gasteiger partial charge is 0.470 e. The van der Waals surface area contributed by atoms with E-state index in [0.717, 1.165) is 41.3 Å². The highest BCUT2D eigenvalue weighted by Gasteiger charge is 2.61. The lowest BCUT2D eigenvalue weighted by Gasteiger charge is -2.49. The van der Waals surface area contributed by atoms with E-state index in [2.05, 4.69) is 0 Å². The first kappa shape index (κ1) is 37.9. The molecule has 0 heterocycles. The van der Waals surface area contributed by atoms with Gasteiger partial charge in [0, 0.05) is 54.7 Å². The molecule has 0 aromatic carbocycles. The summed E-state index contributed by atoms with van der Waals surface area (Å²) in [4.78, 5) is 39.3. The molecular formula is C14H34O19P6. The van der Waals surface area contributed by atoms with E-state index in [9.17, 15) is 47.0 Å². The molecule has 0 radical (unpaired) electrons. The quantitative estimate of drug-likeness (QED) is 0.179. The van der Waals surface area contributed by atoms with Crippen LogP contribution in [0.5, 0.6) is 0 Å². The molecule has 19 nitrogen and oxygen atoms in total. The molecule has 234 valence electrons. The van der Waals surface area contributed by atoms with Crippen LogP contribution in [0.15, 0.2) is 0 Å². The van der Waals surface area contributed by atoms with Crippen LogP contribution in [0.2, 0.25) is 0 Å². The van der Waals surface area contributed by atoms with Gasteiger partial charge in [-0.3, -0.25) is 50.0 Å². The average molecular weight is 692 g/mol. The van der Waals surface area contributed by atoms with Gasteiger partial charge in [0.05, 0.1) is 0 Å². The minimum Gasteiger partial charge on any atom is -0.324 e. The number of hydrogen-bond donors (Lipinski definition) is 4. The van der Waals surface area contributed by atoms with Crippen molar-refractivity contribution in [3.63, 3.8) is 0 Å². The summed E-state index contributed by atoms with van der Waals surface area (Å²) in [7, 11) is -24.7. The van der Waals surface area contributed by atoms with Gasteiger partial charge in [0.25, 0.3) is 0 Å². The summed E-state index contributed by atoms with van der Waals surface area (Å²) in [5.74, 6) is 0. The SMILES string of the molecule is COP(C)(=O)OC1C(OP(C)(=O)O)C(OP(C)(=O)OC)C(OP(=O)(O)O)C(OP(C)(=O)OC)C1OP(C)(=O)O. The van der Waals surface area contributed by atoms with Crippen LogP contribution < -0.4 is 0 Å². The van der Waals surface area contributed by atoms with Crippen LogP contribution in [0.1, 0.15) is 0 Å². The zero-order chi connectivity index (χ0) is 30.8. The van der Waals surface area contributed by atoms with Gasteiger partial charge in [0.2, 0.25) is 0 Å². The average Bonchev–Trinajstić information content (AvgIpc) is 2.73. The maximum atomic E-state index is 12.9. The first-order chi connectivity index (χ1) is 17.3. The third kappa shape index (κ3) is 12.9. The molecule has 1 rings (SSSR count). The van der Waals surface area contributed by atoms with Crippen molar-refractivity contribution >= 4 is 45.8 Å². The van der Waals surface area contributed by atoms with Gasteiger partial charge in [-0.1, -0.05) is 0 Å². The molecule has 0 amide bonds. The highest BCUT2D eigenvalue weighted by atomic mass is 31.2. The van der Waals surface area contributed by atoms with Crippen molar-refractivity contribution in [2.24, 2.45) is 0 Å². The fraction of sp³-hybridized carbons (Fsp3) is 1.00. The van der Waals surface area contributed by atoms with Crippen molar-refractivity contribution in [3.8, 4) is 0 Å². The Kier molecular flexibility index (Phi) is 13.3. The van der Waals surface area contributed by atoms with Crippen LogP contribution in [0.3, 0.4) is 0 Å². The molecule has 9 atom stereocenters. The molecule has 25 heteroatoms. The van der Waals surface area contributed by atoms with Gasteiger partial charge >= 0.3 is 45.8 Å². The van der Waals surface area contributed by atoms with Crippen molar-refractivity contribution < 1.29 is 87.7 Å². The van der Waals surface area contributed by atoms with Crippen molar-refractivity contribution in [1.82, 2.24) is 0 Å². The number of hydrogen-bond acceptors (Lipinski definition) is 15. The van der Waals surface area contributed by atoms with E-state index < -0.39 is 82.4 Å². The van der Waals surface area contributed by atoms with E-state index in [1.54, 1.807) is 0 Å². The summed E-state index contributed by atoms with van der Waals surface area (Å²) in [5.41, 5.74) is 0. The highest BCUT2D eigenvalue weighted by Crippen LogP contribution is 2.59. The molecule has 0 saturated heterocycles. The Labute approximate surface area is 225 Å². The van der Waals surface area contributed by atoms with Crippen LogP contribution >= 0.6 is 45.8 Å². The van der Waals surface area contributed by atoms with Crippen LogP contribution in [-0.2, 0) is 68.1 Å². The van der Waals surface area contributed by atoms with Gasteiger partial charge in [0.15, 0.2) is 0 Å². The van der Waals surface area contributed by atoms with Gasteiger partial charge in [-0.05, 0) is 0 Å². The first-order valence-corrected chi connectivity index (χ1v) is 22.0. The molecule has 0 bridgehead atoms. The fourth-order valence-corrected chi connectivity index (χ4v) is 7.49. The van der Waals surface area contributed by atoms with Crippen LogP contribution in [0, 0.1) is 0 Å². The number of rotatable bonds is 15. The zero-order valence-electron chi connectivity index (χ0n) is 22.1. The maximum absolute atomic E-state index is 12.9. The van der Waals surface area contributed by atoms with E-state index in [4.69, 9.17) is 40.7 Å². The smallest absolute Gasteiger partial charge is 0.324 e. The van der Waals surface area contributed by atoms with E-state index in [1.807, 2.05) is 0 Å². The van der Waals surface area contributed by atoms with E-state index in [0.29, 0.717) is 13.3 Å². The summed E-state index contributed by atoms with van der Waals surface area (Å²) in [5, 5.41) is 0. The number of phosphoric acid groups is 1. The van der Waals surface area contributed by atoms with Crippen molar-refractivity contribution in [3.05, 3.63) is 0 Å². The van der Waals surface area contributed by atoms with E-state index in [-0.39, 0.29) is 0 Å². The monoisotopic (exact) mass is 692 g/mol. The van der Waals surface area contributed by atoms with Crippen LogP contribution in [0.4, 0.5) is 0 Å². The molecule has 39 heavy (non-hydrogen) atoms. The van der Waals surface area contributed by atoms with Gasteiger partial charge in [-0.25, -0.2) is 4.57 Å². The maximum Gasteiger partial charge on any atom is 0.470 e. The molecule has 0 aromatic heterocycles. The Bertz CT molecular complexity index is 974. The molecule has 1 aliphatic carbocycles. The molecule has 1 saturated carbocycles. The lowest BCUT2D eigenvalue weighted by Crippen LogP contribution is -2.66. The van der Waals surface area contributed by atoms with Gasteiger partial charge < -0.3 is 33.1 Å². The molecule has 0 aromatic rings. The molecule has 0 aliphatic heterocycles. The first-order valence-electron chi connectivity index (χ1n) is 10.4. The Morgan fingerprint density at radius 2 is 0.615 bits per heavy atom. The second kappa shape index (κ2) is 13.7. The Hall–Kier alpha value is 0.860. The Morgan fingerprint density at radius 3 is 0.795 bits per heavy atom. The number of phosphoric ester groups is 1. The normalized spacial score (nSPS) is 34.2. The third-order valence-electron chi connectivity index (χ3n) is 4.77. The van der Waals surface area contributed by atoms with Gasteiger partial charge in [-0.15, -0.1) is 0 Å². The summed E-state index contributed by atoms with van der Waals surface area (Å²) in [6.45, 7) is 4.05. The highest BCUT2D eigenvalue weighted by molar-refractivity contribution is 7.54. The lowest BCUT2D eigenvalue weighted by atomic mass is 9.85. The molecule has 9 unspecified atom stereocenters. The Morgan fingerprint density at radius 1 is 0.410 bits per heavy atom. The third-order valence-corrected chi connectivity index (χ3v) is 10.4. The standard InChI is InChI=1S/C14H34O19P6/c1-25-36(6,19)30-11-9(28-34(4,15)16)12(31-37(7,20)26-2)14(33-39(22,23)24)13(32-38(8,21)27-3)10(11)29-35(5,17)18/h9-14H,1-8H3,(H,15,16)(H,17,18)(H2,22,23,24). The second-order valence-corrected chi connectivity index (χ2v) is 19.6. The van der Waals surface area contributed by atoms with E-state index >= 15 is 0 Å². The molecule has 1 aliphatic rings. The second-order valence-electron chi connectivity index (χ2n) is 8.38. The van der Waals surface area contributed by atoms with Crippen molar-refractivity contribution in [2.45, 2.75) is 36.6 Å². The lowest BCUT2D eigenvalue weighted by molar-refractivity contribution is -0.193. The van der Waals surface area contributed by atoms with E-state index in [1.165, 1.54) is 0 Å². The zero-order valence-corrected chi connectivity index (χ0v) is 27.4. The van der Waals surface area contributed by atoms with Crippen LogP contribution in [-0.4, -0.2) is 111 Å². The minimum atomic E-state index is -5.59. The van der Waals surface area contributed by atoms with Gasteiger partial charge in [0.1, 0.15) is 36.6 Å². The summed E-state index contributed by atoms with van der Waals surface area (Å²) >= 11 is 0. The summed E-state index contributed by atoms with van der Waals surface area (Å²) in [6.07, 6.45) is -13.2. The molecule has 0 spiro atoms.